The first-order chi connectivity index (χ1) is 8.50. The molecule has 6 nitrogen and oxygen atoms in total. The monoisotopic (exact) mass is 267 g/mol. The maximum Gasteiger partial charge on any atom is 0.311 e. The molecule has 0 bridgehead atoms. The van der Waals surface area contributed by atoms with Gasteiger partial charge in [-0.1, -0.05) is 0 Å². The number of nitrogens with zero attached hydrogens (tertiary/aromatic N) is 1. The zero-order chi connectivity index (χ0) is 15.0. The number of hydrogen-bond acceptors (Lipinski definition) is 3. The molecule has 1 aromatic heterocycles. The van der Waals surface area contributed by atoms with Crippen LogP contribution in [-0.2, 0) is 4.79 Å². The Labute approximate surface area is 112 Å². The van der Waals surface area contributed by atoms with Crippen LogP contribution in [0.4, 0.5) is 0 Å². The normalized spacial score (nSPS) is 12.3. The van der Waals surface area contributed by atoms with Crippen LogP contribution >= 0.6 is 0 Å². The molecular weight excluding hydrogens is 246 g/mol. The van der Waals surface area contributed by atoms with Crippen LogP contribution in [0.1, 0.15) is 49.4 Å². The Morgan fingerprint density at radius 1 is 1.21 bits per heavy atom. The number of carboxylic acids is 1. The first kappa shape index (κ1) is 15.2. The first-order valence-corrected chi connectivity index (χ1v) is 6.08. The highest BCUT2D eigenvalue weighted by Gasteiger charge is 2.44. The molecule has 0 radical (unpaired) electrons. The molecule has 0 aromatic carbocycles. The molecule has 106 valence electrons. The Bertz CT molecular complexity index is 496. The largest absolute Gasteiger partial charge is 0.481 e. The van der Waals surface area contributed by atoms with Gasteiger partial charge in [-0.05, 0) is 41.5 Å². The van der Waals surface area contributed by atoms with Crippen molar-refractivity contribution in [1.29, 1.82) is 0 Å². The van der Waals surface area contributed by atoms with E-state index in [0.717, 1.165) is 0 Å². The zero-order valence-corrected chi connectivity index (χ0v) is 12.2. The fourth-order valence-corrected chi connectivity index (χ4v) is 1.66. The van der Waals surface area contributed by atoms with E-state index in [4.69, 9.17) is 0 Å². The van der Waals surface area contributed by atoms with Crippen molar-refractivity contribution >= 4 is 11.9 Å². The van der Waals surface area contributed by atoms with E-state index in [1.807, 2.05) is 0 Å². The highest BCUT2D eigenvalue weighted by Crippen LogP contribution is 2.31. The van der Waals surface area contributed by atoms with E-state index in [-0.39, 0.29) is 5.91 Å². The summed E-state index contributed by atoms with van der Waals surface area (Å²) in [5.74, 6) is -1.28. The second kappa shape index (κ2) is 4.68. The summed E-state index contributed by atoms with van der Waals surface area (Å²) in [5, 5.41) is 18.7. The highest BCUT2D eigenvalue weighted by atomic mass is 16.4. The maximum absolute atomic E-state index is 12.3. The lowest BCUT2D eigenvalue weighted by molar-refractivity contribution is -0.150. The first-order valence-electron chi connectivity index (χ1n) is 6.08. The van der Waals surface area contributed by atoms with E-state index in [2.05, 4.69) is 15.5 Å². The van der Waals surface area contributed by atoms with Gasteiger partial charge in [0.05, 0.1) is 22.2 Å². The van der Waals surface area contributed by atoms with Crippen LogP contribution < -0.4 is 5.32 Å². The molecule has 0 fully saturated rings. The summed E-state index contributed by atoms with van der Waals surface area (Å²) in [4.78, 5) is 23.6. The van der Waals surface area contributed by atoms with Crippen molar-refractivity contribution in [1.82, 2.24) is 15.5 Å². The van der Waals surface area contributed by atoms with E-state index < -0.39 is 16.9 Å². The second-order valence-corrected chi connectivity index (χ2v) is 5.82. The van der Waals surface area contributed by atoms with Gasteiger partial charge in [0, 0.05) is 5.69 Å². The Balaban J connectivity index is 3.03. The Hall–Kier alpha value is -1.85. The molecule has 3 N–H and O–H groups in total. The molecule has 0 saturated heterocycles. The van der Waals surface area contributed by atoms with Crippen LogP contribution in [0, 0.1) is 19.3 Å². The van der Waals surface area contributed by atoms with Gasteiger partial charge in [0.25, 0.3) is 5.91 Å². The van der Waals surface area contributed by atoms with Crippen LogP contribution in [-0.4, -0.2) is 32.7 Å². The molecule has 0 spiro atoms. The Kier molecular flexibility index (Phi) is 3.74. The molecule has 19 heavy (non-hydrogen) atoms. The summed E-state index contributed by atoms with van der Waals surface area (Å²) in [6.07, 6.45) is 0. The number of aliphatic carboxylic acids is 1. The van der Waals surface area contributed by atoms with Gasteiger partial charge < -0.3 is 10.4 Å². The number of aryl methyl sites for hydroxylation is 2. The fraction of sp³-hybridized carbons (Fsp3) is 0.615. The Morgan fingerprint density at radius 2 is 1.74 bits per heavy atom. The number of aromatic nitrogens is 2. The SMILES string of the molecule is Cc1n[nH]c(C)c1C(=O)NC(C)(C)C(C)(C)C(=O)O. The van der Waals surface area contributed by atoms with E-state index in [9.17, 15) is 14.7 Å². The second-order valence-electron chi connectivity index (χ2n) is 5.82. The molecule has 1 heterocycles. The van der Waals surface area contributed by atoms with Gasteiger partial charge in [-0.3, -0.25) is 14.7 Å². The van der Waals surface area contributed by atoms with E-state index in [1.54, 1.807) is 41.5 Å². The van der Waals surface area contributed by atoms with Gasteiger partial charge in [0.2, 0.25) is 0 Å². The molecule has 0 aliphatic rings. The summed E-state index contributed by atoms with van der Waals surface area (Å²) in [6.45, 7) is 10.1. The minimum atomic E-state index is -1.09. The molecule has 1 aromatic rings. The summed E-state index contributed by atoms with van der Waals surface area (Å²) in [5.41, 5.74) is -0.257. The average Bonchev–Trinajstić information content (AvgIpc) is 2.57. The fourth-order valence-electron chi connectivity index (χ4n) is 1.66. The minimum Gasteiger partial charge on any atom is -0.481 e. The summed E-state index contributed by atoms with van der Waals surface area (Å²) in [7, 11) is 0. The molecular formula is C13H21N3O3. The van der Waals surface area contributed by atoms with Gasteiger partial charge in [-0.15, -0.1) is 0 Å². The van der Waals surface area contributed by atoms with Crippen molar-refractivity contribution < 1.29 is 14.7 Å². The number of carbonyl (C=O) groups is 2. The average molecular weight is 267 g/mol. The topological polar surface area (TPSA) is 95.1 Å². The van der Waals surface area contributed by atoms with Crippen molar-refractivity contribution in [3.05, 3.63) is 17.0 Å². The lowest BCUT2D eigenvalue weighted by Crippen LogP contribution is -2.57. The van der Waals surface area contributed by atoms with Crippen LogP contribution in [0.2, 0.25) is 0 Å². The predicted octanol–water partition coefficient (Wildman–Crippen LogP) is 1.65. The summed E-state index contributed by atoms with van der Waals surface area (Å²) >= 11 is 0. The lowest BCUT2D eigenvalue weighted by Gasteiger charge is -2.38. The molecule has 0 unspecified atom stereocenters. The smallest absolute Gasteiger partial charge is 0.311 e. The van der Waals surface area contributed by atoms with Crippen LogP contribution in [0.3, 0.4) is 0 Å². The van der Waals surface area contributed by atoms with E-state index in [0.29, 0.717) is 17.0 Å². The quantitative estimate of drug-likeness (QED) is 0.773. The van der Waals surface area contributed by atoms with Gasteiger partial charge >= 0.3 is 5.97 Å². The molecule has 0 saturated carbocycles. The summed E-state index contributed by atoms with van der Waals surface area (Å²) in [6, 6.07) is 0. The van der Waals surface area contributed by atoms with Gasteiger partial charge in [-0.25, -0.2) is 0 Å². The van der Waals surface area contributed by atoms with Crippen LogP contribution in [0.5, 0.6) is 0 Å². The third-order valence-corrected chi connectivity index (χ3v) is 3.88. The number of carboxylic acid groups (broad SMARTS) is 1. The minimum absolute atomic E-state index is 0.317. The molecule has 0 aliphatic carbocycles. The molecule has 1 amide bonds. The predicted molar refractivity (Wildman–Crippen MR) is 71.0 cm³/mol. The Morgan fingerprint density at radius 3 is 2.11 bits per heavy atom. The standard InChI is InChI=1S/C13H21N3O3/c1-7-9(8(2)16-15-7)10(17)14-13(5,6)12(3,4)11(18)19/h1-6H3,(H,14,17)(H,15,16)(H,18,19). The van der Waals surface area contributed by atoms with Gasteiger partial charge in [-0.2, -0.15) is 5.10 Å². The van der Waals surface area contributed by atoms with Crippen molar-refractivity contribution in [2.75, 3.05) is 0 Å². The number of carbonyl (C=O) groups excluding carboxylic acids is 1. The highest BCUT2D eigenvalue weighted by molar-refractivity contribution is 5.97. The van der Waals surface area contributed by atoms with Crippen molar-refractivity contribution in [3.8, 4) is 0 Å². The van der Waals surface area contributed by atoms with Crippen LogP contribution in [0.25, 0.3) is 0 Å². The number of nitrogens with one attached hydrogen (secondary N) is 2. The summed E-state index contributed by atoms with van der Waals surface area (Å²) < 4.78 is 0. The lowest BCUT2D eigenvalue weighted by atomic mass is 9.74. The maximum atomic E-state index is 12.3. The van der Waals surface area contributed by atoms with Crippen molar-refractivity contribution in [2.45, 2.75) is 47.1 Å². The molecule has 0 aliphatic heterocycles. The van der Waals surface area contributed by atoms with E-state index in [1.165, 1.54) is 0 Å². The zero-order valence-electron chi connectivity index (χ0n) is 12.2. The number of H-pyrrole nitrogens is 1. The van der Waals surface area contributed by atoms with Crippen LogP contribution in [0.15, 0.2) is 0 Å². The number of hydrogen-bond donors (Lipinski definition) is 3. The number of rotatable bonds is 4. The van der Waals surface area contributed by atoms with E-state index >= 15 is 0 Å². The molecule has 6 heteroatoms. The van der Waals surface area contributed by atoms with Gasteiger partial charge in [0.15, 0.2) is 0 Å². The third-order valence-electron chi connectivity index (χ3n) is 3.88. The van der Waals surface area contributed by atoms with Crippen molar-refractivity contribution in [3.63, 3.8) is 0 Å². The van der Waals surface area contributed by atoms with Gasteiger partial charge in [0.1, 0.15) is 0 Å². The van der Waals surface area contributed by atoms with Crippen molar-refractivity contribution in [2.24, 2.45) is 5.41 Å². The molecule has 1 rings (SSSR count). The number of aromatic amines is 1. The molecule has 0 atom stereocenters. The third kappa shape index (κ3) is 2.62. The number of amides is 1.